The Hall–Kier alpha value is -1.91. The molecule has 1 unspecified atom stereocenters. The number of aromatic nitrogens is 2. The maximum Gasteiger partial charge on any atom is 0.255 e. The van der Waals surface area contributed by atoms with E-state index in [2.05, 4.69) is 41.4 Å². The number of H-pyrrole nitrogens is 1. The van der Waals surface area contributed by atoms with Crippen molar-refractivity contribution in [3.05, 3.63) is 51.5 Å². The van der Waals surface area contributed by atoms with E-state index in [1.54, 1.807) is 12.4 Å². The van der Waals surface area contributed by atoms with Gasteiger partial charge in [0.15, 0.2) is 0 Å². The highest BCUT2D eigenvalue weighted by Gasteiger charge is 2.25. The Morgan fingerprint density at radius 2 is 2.25 bits per heavy atom. The number of benzene rings is 1. The van der Waals surface area contributed by atoms with Crippen molar-refractivity contribution in [2.75, 3.05) is 36.5 Å². The molecule has 0 saturated carbocycles. The number of hydrogen-bond acceptors (Lipinski definition) is 5. The number of hydrogen-bond donors (Lipinski definition) is 4. The van der Waals surface area contributed by atoms with E-state index >= 15 is 0 Å². The second kappa shape index (κ2) is 10.8. The van der Waals surface area contributed by atoms with E-state index in [0.29, 0.717) is 17.9 Å². The lowest BCUT2D eigenvalue weighted by Crippen LogP contribution is -2.46. The number of anilines is 2. The topological polar surface area (TPSA) is 93.3 Å². The van der Waals surface area contributed by atoms with E-state index in [4.69, 9.17) is 16.7 Å². The number of aliphatic hydroxyl groups excluding tert-OH is 1. The molecule has 0 radical (unpaired) electrons. The largest absolute Gasteiger partial charge is 0.395 e. The molecular weight excluding hydrogens is 524 g/mol. The van der Waals surface area contributed by atoms with Gasteiger partial charge in [-0.3, -0.25) is 4.79 Å². The number of halogens is 4. The molecule has 0 bridgehead atoms. The first-order chi connectivity index (χ1) is 15.0. The van der Waals surface area contributed by atoms with Crippen LogP contribution in [0.25, 0.3) is 11.0 Å². The third kappa shape index (κ3) is 5.18. The first kappa shape index (κ1) is 24.7. The summed E-state index contributed by atoms with van der Waals surface area (Å²) in [5, 5.41) is 16.1. The molecule has 0 spiro atoms. The summed E-state index contributed by atoms with van der Waals surface area (Å²) < 4.78 is 14.3. The molecule has 1 aliphatic rings. The van der Waals surface area contributed by atoms with Gasteiger partial charge in [-0.2, -0.15) is 0 Å². The van der Waals surface area contributed by atoms with E-state index < -0.39 is 11.7 Å². The average molecular weight is 547 g/mol. The summed E-state index contributed by atoms with van der Waals surface area (Å²) in [5.41, 5.74) is 2.43. The molecule has 1 atom stereocenters. The van der Waals surface area contributed by atoms with Gasteiger partial charge in [0.05, 0.1) is 32.9 Å². The molecule has 11 heteroatoms. The van der Waals surface area contributed by atoms with Crippen LogP contribution >= 0.6 is 39.9 Å². The van der Waals surface area contributed by atoms with Crippen LogP contribution in [0, 0.1) is 5.82 Å². The van der Waals surface area contributed by atoms with E-state index in [9.17, 15) is 9.18 Å². The van der Waals surface area contributed by atoms with Crippen molar-refractivity contribution < 1.29 is 14.3 Å². The van der Waals surface area contributed by atoms with Crippen molar-refractivity contribution in [2.24, 2.45) is 0 Å². The maximum atomic E-state index is 13.5. The molecule has 3 aromatic rings. The monoisotopic (exact) mass is 545 g/mol. The number of carbonyl (C=O) groups is 1. The van der Waals surface area contributed by atoms with Crippen LogP contribution < -0.4 is 15.5 Å². The molecule has 1 amide bonds. The van der Waals surface area contributed by atoms with E-state index in [-0.39, 0.29) is 35.6 Å². The van der Waals surface area contributed by atoms with Crippen molar-refractivity contribution in [2.45, 2.75) is 18.9 Å². The molecule has 32 heavy (non-hydrogen) atoms. The number of amides is 1. The summed E-state index contributed by atoms with van der Waals surface area (Å²) >= 11 is 9.45. The normalized spacial score (nSPS) is 16.1. The molecule has 172 valence electrons. The van der Waals surface area contributed by atoms with Gasteiger partial charge in [-0.15, -0.1) is 12.4 Å². The highest BCUT2D eigenvalue weighted by molar-refractivity contribution is 9.10. The minimum Gasteiger partial charge on any atom is -0.395 e. The Morgan fingerprint density at radius 1 is 1.44 bits per heavy atom. The molecule has 4 rings (SSSR count). The van der Waals surface area contributed by atoms with Gasteiger partial charge in [0.25, 0.3) is 5.91 Å². The summed E-state index contributed by atoms with van der Waals surface area (Å²) in [6, 6.07) is 4.12. The zero-order valence-corrected chi connectivity index (χ0v) is 20.2. The summed E-state index contributed by atoms with van der Waals surface area (Å²) in [6.07, 6.45) is 5.47. The van der Waals surface area contributed by atoms with Crippen LogP contribution in [0.2, 0.25) is 5.02 Å². The number of pyridine rings is 1. The molecule has 1 fully saturated rings. The molecule has 2 aromatic heterocycles. The smallest absolute Gasteiger partial charge is 0.255 e. The molecule has 1 aliphatic heterocycles. The quantitative estimate of drug-likeness (QED) is 0.369. The number of carbonyl (C=O) groups excluding carboxylic acids is 1. The fourth-order valence-corrected chi connectivity index (χ4v) is 4.64. The van der Waals surface area contributed by atoms with Gasteiger partial charge in [0.1, 0.15) is 11.5 Å². The van der Waals surface area contributed by atoms with Gasteiger partial charge in [0, 0.05) is 43.6 Å². The molecule has 4 N–H and O–H groups in total. The lowest BCUT2D eigenvalue weighted by atomic mass is 10.0. The highest BCUT2D eigenvalue weighted by atomic mass is 79.9. The minimum atomic E-state index is -0.574. The van der Waals surface area contributed by atoms with Gasteiger partial charge < -0.3 is 25.6 Å². The van der Waals surface area contributed by atoms with Crippen molar-refractivity contribution in [1.82, 2.24) is 15.3 Å². The van der Waals surface area contributed by atoms with Crippen molar-refractivity contribution >= 4 is 68.3 Å². The summed E-state index contributed by atoms with van der Waals surface area (Å²) in [4.78, 5) is 22.6. The van der Waals surface area contributed by atoms with Gasteiger partial charge >= 0.3 is 0 Å². The van der Waals surface area contributed by atoms with Gasteiger partial charge in [-0.1, -0.05) is 11.6 Å². The van der Waals surface area contributed by atoms with Crippen LogP contribution in [0.15, 0.2) is 35.1 Å². The molecule has 0 aliphatic carbocycles. The Bertz CT molecular complexity index is 1110. The first-order valence-corrected chi connectivity index (χ1v) is 11.2. The van der Waals surface area contributed by atoms with E-state index in [1.807, 2.05) is 0 Å². The Kier molecular flexibility index (Phi) is 8.35. The van der Waals surface area contributed by atoms with Crippen LogP contribution in [-0.4, -0.2) is 53.3 Å². The number of nitrogens with one attached hydrogen (secondary N) is 3. The number of aromatic amines is 1. The fourth-order valence-electron chi connectivity index (χ4n) is 3.91. The van der Waals surface area contributed by atoms with Crippen LogP contribution in [0.3, 0.4) is 0 Å². The molecule has 3 heterocycles. The van der Waals surface area contributed by atoms with Crippen molar-refractivity contribution in [1.29, 1.82) is 0 Å². The number of aliphatic hydroxyl groups is 1. The van der Waals surface area contributed by atoms with Gasteiger partial charge in [-0.05, 0) is 47.0 Å². The molecular formula is C21H23BrCl2FN5O2. The number of piperidine rings is 1. The number of nitrogens with zero attached hydrogens (tertiary/aromatic N) is 2. The van der Waals surface area contributed by atoms with Crippen molar-refractivity contribution in [3.63, 3.8) is 0 Å². The highest BCUT2D eigenvalue weighted by Crippen LogP contribution is 2.39. The van der Waals surface area contributed by atoms with Crippen LogP contribution in [0.1, 0.15) is 23.2 Å². The van der Waals surface area contributed by atoms with Crippen LogP contribution in [0.4, 0.5) is 15.8 Å². The lowest BCUT2D eigenvalue weighted by molar-refractivity contribution is 0.102. The van der Waals surface area contributed by atoms with E-state index in [0.717, 1.165) is 41.5 Å². The molecule has 7 nitrogen and oxygen atoms in total. The SMILES string of the molecule is Cl.O=C(Nc1c[nH]c2ncc(Br)c(N3CCCC(NCCO)C3)c12)c1ccc(F)c(Cl)c1. The van der Waals surface area contributed by atoms with Gasteiger partial charge in [0.2, 0.25) is 0 Å². The van der Waals surface area contributed by atoms with Gasteiger partial charge in [-0.25, -0.2) is 9.37 Å². The predicted octanol–water partition coefficient (Wildman–Crippen LogP) is 4.34. The lowest BCUT2D eigenvalue weighted by Gasteiger charge is -2.35. The standard InChI is InChI=1S/C21H22BrClFN5O2.ClH/c22-14-9-26-20-18(19(14)29-6-1-2-13(11-29)25-5-7-30)17(10-27-20)28-21(31)12-3-4-16(24)15(23)8-12;/h3-4,8-10,13,25,30H,1-2,5-7,11H2,(H,26,27)(H,28,31);1H. The minimum absolute atomic E-state index is 0. The Balaban J connectivity index is 0.00000289. The van der Waals surface area contributed by atoms with Crippen LogP contribution in [0.5, 0.6) is 0 Å². The Morgan fingerprint density at radius 3 is 3.00 bits per heavy atom. The summed E-state index contributed by atoms with van der Waals surface area (Å²) in [5.74, 6) is -0.968. The second-order valence-corrected chi connectivity index (χ2v) is 8.69. The first-order valence-electron chi connectivity index (χ1n) is 9.99. The molecule has 1 aromatic carbocycles. The second-order valence-electron chi connectivity index (χ2n) is 7.43. The average Bonchev–Trinajstić information content (AvgIpc) is 3.17. The van der Waals surface area contributed by atoms with Crippen molar-refractivity contribution in [3.8, 4) is 0 Å². The number of rotatable bonds is 6. The van der Waals surface area contributed by atoms with E-state index in [1.165, 1.54) is 18.2 Å². The predicted molar refractivity (Wildman–Crippen MR) is 131 cm³/mol. The Labute approximate surface area is 204 Å². The number of fused-ring (bicyclic) bond motifs is 1. The summed E-state index contributed by atoms with van der Waals surface area (Å²) in [7, 11) is 0. The molecule has 1 saturated heterocycles. The van der Waals surface area contributed by atoms with Crippen LogP contribution in [-0.2, 0) is 0 Å². The fraction of sp³-hybridized carbons (Fsp3) is 0.333. The maximum absolute atomic E-state index is 13.5. The zero-order valence-electron chi connectivity index (χ0n) is 17.0. The summed E-state index contributed by atoms with van der Waals surface area (Å²) in [6.45, 7) is 2.28. The third-order valence-electron chi connectivity index (χ3n) is 5.34. The third-order valence-corrected chi connectivity index (χ3v) is 6.21. The zero-order chi connectivity index (χ0) is 22.0.